The standard InChI is InChI=1S/C21H13BN2O3.Pt/c1-2-11-21-20(10-1)26-22(27-21)16-6-3-8-18(14-16)25-19-9-4-7-17(15-19)24-13-5-12-23-24;/h1-13H;/q-2;+2. The van der Waals surface area contributed by atoms with Crippen molar-refractivity contribution in [2.45, 2.75) is 0 Å². The third kappa shape index (κ3) is 3.69. The van der Waals surface area contributed by atoms with Crippen LogP contribution < -0.4 is 19.5 Å². The van der Waals surface area contributed by atoms with Gasteiger partial charge in [0.25, 0.3) is 0 Å². The summed E-state index contributed by atoms with van der Waals surface area (Å²) in [7, 11) is -0.537. The smallest absolute Gasteiger partial charge is 0.521 e. The van der Waals surface area contributed by atoms with Gasteiger partial charge in [-0.25, -0.2) is 0 Å². The van der Waals surface area contributed by atoms with Crippen LogP contribution in [0.4, 0.5) is 0 Å². The van der Waals surface area contributed by atoms with E-state index in [2.05, 4.69) is 17.2 Å². The maximum absolute atomic E-state index is 5.93. The zero-order valence-corrected chi connectivity index (χ0v) is 16.8. The number of aromatic nitrogens is 2. The molecule has 0 saturated heterocycles. The second-order valence-electron chi connectivity index (χ2n) is 5.94. The summed E-state index contributed by atoms with van der Waals surface area (Å²) >= 11 is 0. The number of benzene rings is 3. The predicted octanol–water partition coefficient (Wildman–Crippen LogP) is 3.43. The second-order valence-corrected chi connectivity index (χ2v) is 5.94. The molecule has 0 N–H and O–H groups in total. The molecule has 138 valence electrons. The Balaban J connectivity index is 0.00000192. The van der Waals surface area contributed by atoms with Crippen LogP contribution in [0.3, 0.4) is 0 Å². The fourth-order valence-corrected chi connectivity index (χ4v) is 2.85. The molecule has 4 aromatic rings. The summed E-state index contributed by atoms with van der Waals surface area (Å²) in [6.07, 6.45) is 3.58. The largest absolute Gasteiger partial charge is 2.00 e. The molecule has 0 unspecified atom stereocenters. The summed E-state index contributed by atoms with van der Waals surface area (Å²) < 4.78 is 19.3. The molecule has 5 rings (SSSR count). The first-order chi connectivity index (χ1) is 13.3. The number of fused-ring (bicyclic) bond motifs is 1. The fraction of sp³-hybridized carbons (Fsp3) is 0. The molecule has 1 aromatic heterocycles. The van der Waals surface area contributed by atoms with Crippen molar-refractivity contribution in [3.63, 3.8) is 0 Å². The van der Waals surface area contributed by atoms with Gasteiger partial charge in [-0.15, -0.1) is 30.3 Å². The van der Waals surface area contributed by atoms with Gasteiger partial charge in [-0.2, -0.15) is 23.3 Å². The van der Waals surface area contributed by atoms with Gasteiger partial charge in [-0.1, -0.05) is 17.6 Å². The van der Waals surface area contributed by atoms with Crippen LogP contribution in [0.5, 0.6) is 23.0 Å². The zero-order valence-electron chi connectivity index (χ0n) is 14.5. The van der Waals surface area contributed by atoms with E-state index in [-0.39, 0.29) is 21.1 Å². The van der Waals surface area contributed by atoms with Crippen molar-refractivity contribution in [1.82, 2.24) is 9.78 Å². The predicted molar refractivity (Wildman–Crippen MR) is 101 cm³/mol. The van der Waals surface area contributed by atoms with E-state index in [9.17, 15) is 0 Å². The first-order valence-electron chi connectivity index (χ1n) is 8.50. The summed E-state index contributed by atoms with van der Waals surface area (Å²) in [4.78, 5) is 0. The topological polar surface area (TPSA) is 45.5 Å². The molecule has 1 aliphatic heterocycles. The van der Waals surface area contributed by atoms with E-state index in [1.807, 2.05) is 72.9 Å². The Morgan fingerprint density at radius 1 is 0.821 bits per heavy atom. The van der Waals surface area contributed by atoms with Crippen LogP contribution in [0.25, 0.3) is 5.69 Å². The number of nitrogens with zero attached hydrogens (tertiary/aromatic N) is 2. The molecule has 3 aromatic carbocycles. The van der Waals surface area contributed by atoms with Crippen LogP contribution in [-0.2, 0) is 21.1 Å². The quantitative estimate of drug-likeness (QED) is 0.291. The molecule has 7 heteroatoms. The Morgan fingerprint density at radius 3 is 2.25 bits per heavy atom. The summed E-state index contributed by atoms with van der Waals surface area (Å²) in [6.45, 7) is 0. The first-order valence-corrected chi connectivity index (χ1v) is 8.50. The first kappa shape index (κ1) is 18.4. The number of para-hydroxylation sites is 2. The number of hydrogen-bond donors (Lipinski definition) is 0. The average molecular weight is 547 g/mol. The van der Waals surface area contributed by atoms with E-state index in [4.69, 9.17) is 14.0 Å². The van der Waals surface area contributed by atoms with Crippen molar-refractivity contribution in [2.24, 2.45) is 0 Å². The number of rotatable bonds is 4. The minimum atomic E-state index is -0.537. The van der Waals surface area contributed by atoms with Gasteiger partial charge in [0.2, 0.25) is 0 Å². The molecule has 0 spiro atoms. The van der Waals surface area contributed by atoms with E-state index in [0.717, 1.165) is 22.6 Å². The van der Waals surface area contributed by atoms with Crippen LogP contribution in [0.15, 0.2) is 79.1 Å². The molecule has 0 amide bonds. The maximum atomic E-state index is 5.93. The molecule has 0 atom stereocenters. The molecule has 28 heavy (non-hydrogen) atoms. The van der Waals surface area contributed by atoms with Crippen LogP contribution in [0.2, 0.25) is 0 Å². The molecule has 5 nitrogen and oxygen atoms in total. The van der Waals surface area contributed by atoms with Crippen molar-refractivity contribution in [3.05, 3.63) is 91.3 Å². The van der Waals surface area contributed by atoms with Crippen LogP contribution >= 0.6 is 0 Å². The molecule has 0 bridgehead atoms. The van der Waals surface area contributed by atoms with Gasteiger partial charge in [0, 0.05) is 23.9 Å². The summed E-state index contributed by atoms with van der Waals surface area (Å²) in [6, 6.07) is 27.1. The van der Waals surface area contributed by atoms with E-state index in [1.54, 1.807) is 10.9 Å². The van der Waals surface area contributed by atoms with Gasteiger partial charge in [-0.05, 0) is 23.9 Å². The van der Waals surface area contributed by atoms with Crippen molar-refractivity contribution >= 4 is 12.6 Å². The Kier molecular flexibility index (Phi) is 5.22. The SMILES string of the molecule is [Pt+2].[c-]1c(Oc2[c-]c(-n3cccn3)ccc2)cccc1B1Oc2ccccc2O1. The number of ether oxygens (including phenoxy) is 1. The third-order valence-electron chi connectivity index (χ3n) is 4.09. The second kappa shape index (κ2) is 7.95. The summed E-state index contributed by atoms with van der Waals surface area (Å²) in [5, 5.41) is 4.21. The van der Waals surface area contributed by atoms with Gasteiger partial charge in [0.05, 0.1) is 0 Å². The molecule has 0 fully saturated rings. The Morgan fingerprint density at radius 2 is 1.54 bits per heavy atom. The third-order valence-corrected chi connectivity index (χ3v) is 4.09. The van der Waals surface area contributed by atoms with E-state index in [0.29, 0.717) is 11.5 Å². The van der Waals surface area contributed by atoms with Gasteiger partial charge in [-0.3, -0.25) is 4.68 Å². The molecule has 1 aliphatic rings. The van der Waals surface area contributed by atoms with E-state index in [1.165, 1.54) is 0 Å². The van der Waals surface area contributed by atoms with Gasteiger partial charge in [0.15, 0.2) is 0 Å². The van der Waals surface area contributed by atoms with Gasteiger partial charge < -0.3 is 14.0 Å². The maximum Gasteiger partial charge on any atom is 2.00 e. The van der Waals surface area contributed by atoms with Gasteiger partial charge >= 0.3 is 28.2 Å². The van der Waals surface area contributed by atoms with Crippen molar-refractivity contribution in [1.29, 1.82) is 0 Å². The fourth-order valence-electron chi connectivity index (χ4n) is 2.85. The molecule has 2 heterocycles. The molecular formula is C21H13BN2O3Pt. The van der Waals surface area contributed by atoms with Crippen LogP contribution in [0.1, 0.15) is 0 Å². The van der Waals surface area contributed by atoms with E-state index >= 15 is 0 Å². The Labute approximate surface area is 177 Å². The van der Waals surface area contributed by atoms with Crippen molar-refractivity contribution < 1.29 is 35.1 Å². The summed E-state index contributed by atoms with van der Waals surface area (Å²) in [5.74, 6) is 2.59. The molecule has 0 aliphatic carbocycles. The normalized spacial score (nSPS) is 11.8. The molecular weight excluding hydrogens is 534 g/mol. The van der Waals surface area contributed by atoms with Crippen LogP contribution in [-0.4, -0.2) is 16.9 Å². The minimum Gasteiger partial charge on any atom is -0.521 e. The minimum absolute atomic E-state index is 0. The van der Waals surface area contributed by atoms with Crippen molar-refractivity contribution in [2.75, 3.05) is 0 Å². The van der Waals surface area contributed by atoms with E-state index < -0.39 is 7.12 Å². The molecule has 0 radical (unpaired) electrons. The molecule has 0 saturated carbocycles. The summed E-state index contributed by atoms with van der Waals surface area (Å²) in [5.41, 5.74) is 1.55. The Hall–Kier alpha value is -2.98. The van der Waals surface area contributed by atoms with Gasteiger partial charge in [0.1, 0.15) is 11.5 Å². The van der Waals surface area contributed by atoms with Crippen LogP contribution in [0, 0.1) is 12.1 Å². The zero-order chi connectivity index (χ0) is 18.1. The van der Waals surface area contributed by atoms with Crippen molar-refractivity contribution in [3.8, 4) is 28.7 Å². The monoisotopic (exact) mass is 547 g/mol. The number of hydrogen-bond acceptors (Lipinski definition) is 4. The Bertz CT molecular complexity index is 1060. The average Bonchev–Trinajstić information content (AvgIpc) is 3.38.